The molecule has 0 radical (unpaired) electrons. The van der Waals surface area contributed by atoms with Crippen LogP contribution in [0, 0.1) is 0 Å². The average molecular weight is 333 g/mol. The summed E-state index contributed by atoms with van der Waals surface area (Å²) in [4.78, 5) is 15.4. The maximum atomic E-state index is 12.7. The number of halogens is 1. The topological polar surface area (TPSA) is 76.6 Å². The fraction of sp³-hybridized carbons (Fsp3) is 0.538. The minimum absolute atomic E-state index is 0.0640. The highest BCUT2D eigenvalue weighted by atomic mass is 35.5. The number of methoxy groups -OCH3 is 1. The molecule has 1 aliphatic heterocycles. The monoisotopic (exact) mass is 332 g/mol. The number of hydrogen-bond donors (Lipinski definition) is 0. The highest BCUT2D eigenvalue weighted by molar-refractivity contribution is 7.89. The largest absolute Gasteiger partial charge is 0.469 e. The molecule has 2 heterocycles. The first-order valence-electron chi connectivity index (χ1n) is 6.65. The highest BCUT2D eigenvalue weighted by Crippen LogP contribution is 2.27. The van der Waals surface area contributed by atoms with Gasteiger partial charge >= 0.3 is 5.97 Å². The Labute approximate surface area is 129 Å². The summed E-state index contributed by atoms with van der Waals surface area (Å²) in [6, 6.07) is 2.36. The van der Waals surface area contributed by atoms with E-state index in [1.807, 2.05) is 0 Å². The number of pyridine rings is 1. The molecule has 1 unspecified atom stereocenters. The van der Waals surface area contributed by atoms with Crippen molar-refractivity contribution in [3.05, 3.63) is 23.5 Å². The van der Waals surface area contributed by atoms with E-state index < -0.39 is 16.0 Å². The number of nitrogens with zero attached hydrogens (tertiary/aromatic N) is 2. The van der Waals surface area contributed by atoms with Crippen LogP contribution in [0.1, 0.15) is 25.7 Å². The second kappa shape index (κ2) is 6.72. The Kier molecular flexibility index (Phi) is 5.18. The Morgan fingerprint density at radius 3 is 2.95 bits per heavy atom. The summed E-state index contributed by atoms with van der Waals surface area (Å²) in [7, 11) is -2.39. The molecule has 8 heteroatoms. The van der Waals surface area contributed by atoms with Gasteiger partial charge in [0.05, 0.1) is 18.4 Å². The maximum Gasteiger partial charge on any atom is 0.307 e. The summed E-state index contributed by atoms with van der Waals surface area (Å²) in [5.74, 6) is -0.408. The van der Waals surface area contributed by atoms with Crippen molar-refractivity contribution in [3.63, 3.8) is 0 Å². The predicted octanol–water partition coefficient (Wildman–Crippen LogP) is 1.84. The Morgan fingerprint density at radius 1 is 1.52 bits per heavy atom. The Bertz CT molecular complexity index is 620. The van der Waals surface area contributed by atoms with E-state index in [2.05, 4.69) is 9.72 Å². The third kappa shape index (κ3) is 3.72. The number of rotatable bonds is 4. The molecule has 0 aliphatic carbocycles. The van der Waals surface area contributed by atoms with Crippen molar-refractivity contribution >= 4 is 27.6 Å². The van der Waals surface area contributed by atoms with Crippen LogP contribution >= 0.6 is 11.6 Å². The molecule has 1 saturated heterocycles. The molecular weight excluding hydrogens is 316 g/mol. The first-order chi connectivity index (χ1) is 9.95. The van der Waals surface area contributed by atoms with E-state index in [9.17, 15) is 13.2 Å². The molecule has 6 nitrogen and oxygen atoms in total. The minimum atomic E-state index is -3.69. The van der Waals surface area contributed by atoms with E-state index in [0.29, 0.717) is 13.0 Å². The van der Waals surface area contributed by atoms with Gasteiger partial charge in [0.1, 0.15) is 5.15 Å². The number of hydrogen-bond acceptors (Lipinski definition) is 5. The number of sulfonamides is 1. The van der Waals surface area contributed by atoms with Crippen LogP contribution in [0.5, 0.6) is 0 Å². The van der Waals surface area contributed by atoms with Crippen molar-refractivity contribution in [2.24, 2.45) is 0 Å². The second-order valence-corrected chi connectivity index (χ2v) is 7.14. The van der Waals surface area contributed by atoms with E-state index in [-0.39, 0.29) is 22.5 Å². The fourth-order valence-corrected chi connectivity index (χ4v) is 4.40. The lowest BCUT2D eigenvalue weighted by atomic mass is 10.0. The number of piperidine rings is 1. The van der Waals surface area contributed by atoms with Crippen LogP contribution in [0.15, 0.2) is 23.2 Å². The molecule has 1 aromatic rings. The predicted molar refractivity (Wildman–Crippen MR) is 77.4 cm³/mol. The molecule has 0 saturated carbocycles. The van der Waals surface area contributed by atoms with Gasteiger partial charge in [-0.3, -0.25) is 4.79 Å². The van der Waals surface area contributed by atoms with Crippen LogP contribution in [-0.4, -0.2) is 43.4 Å². The SMILES string of the molecule is COC(=O)CC1CCCCN1S(=O)(=O)c1ccnc(Cl)c1. The van der Waals surface area contributed by atoms with E-state index in [4.69, 9.17) is 11.6 Å². The highest BCUT2D eigenvalue weighted by Gasteiger charge is 2.35. The molecule has 1 fully saturated rings. The number of ether oxygens (including phenoxy) is 1. The van der Waals surface area contributed by atoms with Crippen molar-refractivity contribution < 1.29 is 17.9 Å². The van der Waals surface area contributed by atoms with Gasteiger partial charge in [0.15, 0.2) is 0 Å². The minimum Gasteiger partial charge on any atom is -0.469 e. The second-order valence-electron chi connectivity index (χ2n) is 4.86. The summed E-state index contributed by atoms with van der Waals surface area (Å²) < 4.78 is 31.4. The van der Waals surface area contributed by atoms with Crippen LogP contribution in [-0.2, 0) is 19.6 Å². The quantitative estimate of drug-likeness (QED) is 0.621. The average Bonchev–Trinajstić information content (AvgIpc) is 2.47. The van der Waals surface area contributed by atoms with Gasteiger partial charge in [0.2, 0.25) is 10.0 Å². The molecule has 116 valence electrons. The van der Waals surface area contributed by atoms with Crippen molar-refractivity contribution in [2.45, 2.75) is 36.6 Å². The van der Waals surface area contributed by atoms with Gasteiger partial charge in [-0.25, -0.2) is 13.4 Å². The Balaban J connectivity index is 2.29. The Hall–Kier alpha value is -1.18. The Morgan fingerprint density at radius 2 is 2.29 bits per heavy atom. The maximum absolute atomic E-state index is 12.7. The van der Waals surface area contributed by atoms with Crippen molar-refractivity contribution in [1.82, 2.24) is 9.29 Å². The van der Waals surface area contributed by atoms with Crippen LogP contribution < -0.4 is 0 Å². The van der Waals surface area contributed by atoms with Crippen molar-refractivity contribution in [3.8, 4) is 0 Å². The van der Waals surface area contributed by atoms with E-state index in [0.717, 1.165) is 12.8 Å². The molecule has 1 atom stereocenters. The van der Waals surface area contributed by atoms with E-state index in [1.54, 1.807) is 0 Å². The van der Waals surface area contributed by atoms with Crippen molar-refractivity contribution in [1.29, 1.82) is 0 Å². The fourth-order valence-electron chi connectivity index (χ4n) is 2.45. The molecule has 1 aromatic heterocycles. The zero-order valence-corrected chi connectivity index (χ0v) is 13.2. The van der Waals surface area contributed by atoms with Gasteiger partial charge in [-0.05, 0) is 25.0 Å². The number of carbonyl (C=O) groups is 1. The first kappa shape index (κ1) is 16.2. The normalized spacial score (nSPS) is 20.2. The van der Waals surface area contributed by atoms with Crippen LogP contribution in [0.4, 0.5) is 0 Å². The van der Waals surface area contributed by atoms with Crippen LogP contribution in [0.2, 0.25) is 5.15 Å². The third-order valence-corrected chi connectivity index (χ3v) is 5.66. The van der Waals surface area contributed by atoms with Gasteiger partial charge in [0, 0.05) is 18.8 Å². The van der Waals surface area contributed by atoms with E-state index >= 15 is 0 Å². The van der Waals surface area contributed by atoms with E-state index in [1.165, 1.54) is 29.7 Å². The first-order valence-corrected chi connectivity index (χ1v) is 8.47. The number of aromatic nitrogens is 1. The molecule has 2 rings (SSSR count). The van der Waals surface area contributed by atoms with Crippen LogP contribution in [0.25, 0.3) is 0 Å². The number of carbonyl (C=O) groups excluding carboxylic acids is 1. The molecule has 0 N–H and O–H groups in total. The molecule has 0 aromatic carbocycles. The zero-order chi connectivity index (χ0) is 15.5. The standard InChI is InChI=1S/C13H17ClN2O4S/c1-20-13(17)8-10-4-2-3-7-16(10)21(18,19)11-5-6-15-12(14)9-11/h5-6,9-10H,2-4,7-8H2,1H3. The van der Waals surface area contributed by atoms with Gasteiger partial charge in [-0.1, -0.05) is 18.0 Å². The molecule has 1 aliphatic rings. The summed E-state index contributed by atoms with van der Waals surface area (Å²) in [5, 5.41) is 0.123. The zero-order valence-electron chi connectivity index (χ0n) is 11.7. The third-order valence-electron chi connectivity index (χ3n) is 3.51. The summed E-state index contributed by atoms with van der Waals surface area (Å²) in [6.45, 7) is 0.393. The lowest BCUT2D eigenvalue weighted by Crippen LogP contribution is -2.44. The molecule has 0 amide bonds. The lowest BCUT2D eigenvalue weighted by molar-refractivity contribution is -0.141. The lowest BCUT2D eigenvalue weighted by Gasteiger charge is -2.34. The van der Waals surface area contributed by atoms with Gasteiger partial charge < -0.3 is 4.74 Å². The molecule has 21 heavy (non-hydrogen) atoms. The van der Waals surface area contributed by atoms with Gasteiger partial charge in [0.25, 0.3) is 0 Å². The summed E-state index contributed by atoms with van der Waals surface area (Å²) >= 11 is 5.76. The summed E-state index contributed by atoms with van der Waals surface area (Å²) in [6.07, 6.45) is 3.73. The smallest absolute Gasteiger partial charge is 0.307 e. The molecule has 0 bridgehead atoms. The van der Waals surface area contributed by atoms with Gasteiger partial charge in [-0.2, -0.15) is 4.31 Å². The molecule has 0 spiro atoms. The summed E-state index contributed by atoms with van der Waals surface area (Å²) in [5.41, 5.74) is 0. The molecular formula is C13H17ClN2O4S. The van der Waals surface area contributed by atoms with Gasteiger partial charge in [-0.15, -0.1) is 0 Å². The van der Waals surface area contributed by atoms with Crippen molar-refractivity contribution in [2.75, 3.05) is 13.7 Å². The van der Waals surface area contributed by atoms with Crippen LogP contribution in [0.3, 0.4) is 0 Å². The number of esters is 1.